The summed E-state index contributed by atoms with van der Waals surface area (Å²) >= 11 is 5.93. The molecule has 2 aliphatic rings. The Labute approximate surface area is 256 Å². The number of hydrogen-bond acceptors (Lipinski definition) is 7. The van der Waals surface area contributed by atoms with E-state index in [4.69, 9.17) is 16.3 Å². The molecule has 2 unspecified atom stereocenters. The van der Waals surface area contributed by atoms with Crippen LogP contribution in [0.15, 0.2) is 51.7 Å². The minimum atomic E-state index is -4.77. The molecule has 0 saturated carbocycles. The lowest BCUT2D eigenvalue weighted by molar-refractivity contribution is -0.140. The van der Waals surface area contributed by atoms with Crippen molar-refractivity contribution in [3.8, 4) is 5.75 Å². The fraction of sp³-hybridized carbons (Fsp3) is 0.433. The SMILES string of the molecule is COc1c(N2CC(C)N(CC(C)=O)C(C)C2)c(F)cc2c(=O)c(C(=O)NCC3=CCC=C(Cl)C=C3O)cn(CC(F)(F)F)c12. The van der Waals surface area contributed by atoms with Gasteiger partial charge < -0.3 is 24.6 Å². The van der Waals surface area contributed by atoms with Crippen molar-refractivity contribution in [1.82, 2.24) is 14.8 Å². The minimum absolute atomic E-state index is 0.0386. The normalized spacial score (nSPS) is 19.7. The first-order chi connectivity index (χ1) is 20.6. The molecule has 2 heterocycles. The van der Waals surface area contributed by atoms with E-state index in [1.54, 1.807) is 17.1 Å². The van der Waals surface area contributed by atoms with E-state index in [1.165, 1.54) is 20.1 Å². The van der Waals surface area contributed by atoms with Crippen LogP contribution in [0.25, 0.3) is 10.9 Å². The van der Waals surface area contributed by atoms with Crippen molar-refractivity contribution in [2.45, 2.75) is 52.0 Å². The number of piperazine rings is 1. The Kier molecular flexibility index (Phi) is 9.79. The first-order valence-corrected chi connectivity index (χ1v) is 14.2. The summed E-state index contributed by atoms with van der Waals surface area (Å²) in [5, 5.41) is 12.5. The molecule has 238 valence electrons. The van der Waals surface area contributed by atoms with Gasteiger partial charge in [-0.25, -0.2) is 4.39 Å². The predicted octanol–water partition coefficient (Wildman–Crippen LogP) is 4.82. The predicted molar refractivity (Wildman–Crippen MR) is 159 cm³/mol. The zero-order valence-electron chi connectivity index (χ0n) is 24.6. The summed E-state index contributed by atoms with van der Waals surface area (Å²) in [5.74, 6) is -2.47. The van der Waals surface area contributed by atoms with Crippen LogP contribution in [0.5, 0.6) is 5.75 Å². The Morgan fingerprint density at radius 3 is 2.43 bits per heavy atom. The van der Waals surface area contributed by atoms with Gasteiger partial charge in [-0.2, -0.15) is 13.2 Å². The highest BCUT2D eigenvalue weighted by atomic mass is 35.5. The van der Waals surface area contributed by atoms with Crippen LogP contribution in [0.4, 0.5) is 23.2 Å². The van der Waals surface area contributed by atoms with E-state index in [9.17, 15) is 32.7 Å². The summed E-state index contributed by atoms with van der Waals surface area (Å²) in [5.41, 5.74) is -1.80. The van der Waals surface area contributed by atoms with E-state index in [0.717, 1.165) is 12.3 Å². The van der Waals surface area contributed by atoms with E-state index < -0.39 is 40.8 Å². The standard InChI is InChI=1S/C30H33ClF4N4O5/c1-16-11-37(12-17(2)39(16)13-18(3)40)26-23(32)9-21-25(28(26)44-4)38(15-30(33,34)35)14-22(27(21)42)29(43)36-10-19-6-5-7-20(31)8-24(19)41/h6-9,14,16-17,41H,5,10-13,15H2,1-4H3,(H,36,43). The number of nitrogens with zero attached hydrogens (tertiary/aromatic N) is 3. The number of aliphatic hydroxyl groups excluding tert-OH is 1. The first-order valence-electron chi connectivity index (χ1n) is 13.9. The molecule has 44 heavy (non-hydrogen) atoms. The number of benzene rings is 1. The third-order valence-electron chi connectivity index (χ3n) is 7.59. The van der Waals surface area contributed by atoms with Gasteiger partial charge in [-0.3, -0.25) is 19.3 Å². The highest BCUT2D eigenvalue weighted by molar-refractivity contribution is 6.31. The summed E-state index contributed by atoms with van der Waals surface area (Å²) in [6, 6.07) is 0.401. The number of carbonyl (C=O) groups is 2. The Balaban J connectivity index is 1.79. The van der Waals surface area contributed by atoms with Crippen molar-refractivity contribution in [3.63, 3.8) is 0 Å². The number of amides is 1. The van der Waals surface area contributed by atoms with Crippen molar-refractivity contribution in [2.75, 3.05) is 38.2 Å². The van der Waals surface area contributed by atoms with E-state index in [-0.39, 0.29) is 77.4 Å². The number of allylic oxidation sites excluding steroid dienone is 4. The van der Waals surface area contributed by atoms with Gasteiger partial charge in [-0.15, -0.1) is 0 Å². The highest BCUT2D eigenvalue weighted by Gasteiger charge is 2.35. The van der Waals surface area contributed by atoms with E-state index in [1.807, 2.05) is 18.7 Å². The second kappa shape index (κ2) is 13.0. The van der Waals surface area contributed by atoms with Crippen LogP contribution in [-0.2, 0) is 11.3 Å². The molecule has 1 saturated heterocycles. The van der Waals surface area contributed by atoms with Crippen LogP contribution >= 0.6 is 11.6 Å². The fourth-order valence-electron chi connectivity index (χ4n) is 5.70. The number of aliphatic hydroxyl groups is 1. The number of aromatic nitrogens is 1. The number of hydrogen-bond donors (Lipinski definition) is 2. The molecule has 1 aliphatic heterocycles. The number of alkyl halides is 3. The van der Waals surface area contributed by atoms with Crippen molar-refractivity contribution in [2.24, 2.45) is 0 Å². The molecule has 1 aliphatic carbocycles. The molecule has 4 rings (SSSR count). The van der Waals surface area contributed by atoms with Gasteiger partial charge in [-0.05, 0) is 39.3 Å². The number of ketones is 1. The molecule has 2 aromatic rings. The summed E-state index contributed by atoms with van der Waals surface area (Å²) in [4.78, 5) is 42.0. The zero-order valence-corrected chi connectivity index (χ0v) is 25.4. The number of ether oxygens (including phenoxy) is 1. The number of halogens is 5. The van der Waals surface area contributed by atoms with Crippen molar-refractivity contribution >= 4 is 39.9 Å². The Morgan fingerprint density at radius 2 is 1.84 bits per heavy atom. The van der Waals surface area contributed by atoms with Crippen molar-refractivity contribution < 1.29 is 37.0 Å². The Morgan fingerprint density at radius 1 is 1.18 bits per heavy atom. The van der Waals surface area contributed by atoms with Gasteiger partial charge in [0.05, 0.1) is 24.6 Å². The lowest BCUT2D eigenvalue weighted by Crippen LogP contribution is -2.58. The summed E-state index contributed by atoms with van der Waals surface area (Å²) in [6.07, 6.45) is 0.844. The van der Waals surface area contributed by atoms with E-state index >= 15 is 4.39 Å². The number of pyridine rings is 1. The molecule has 0 radical (unpaired) electrons. The number of Topliss-reactive ketones (excluding diaryl/α,β-unsaturated/α-hetero) is 1. The van der Waals surface area contributed by atoms with Crippen LogP contribution in [0.1, 0.15) is 37.6 Å². The number of anilines is 1. The zero-order chi connectivity index (χ0) is 32.5. The fourth-order valence-corrected chi connectivity index (χ4v) is 5.89. The highest BCUT2D eigenvalue weighted by Crippen LogP contribution is 2.40. The Bertz CT molecular complexity index is 1620. The summed E-state index contributed by atoms with van der Waals surface area (Å²) in [6.45, 7) is 4.00. The number of carbonyl (C=O) groups excluding carboxylic acids is 2. The molecule has 9 nitrogen and oxygen atoms in total. The molecule has 2 atom stereocenters. The smallest absolute Gasteiger partial charge is 0.406 e. The molecule has 2 N–H and O–H groups in total. The number of methoxy groups -OCH3 is 1. The van der Waals surface area contributed by atoms with Crippen LogP contribution in [-0.4, -0.2) is 77.8 Å². The second-order valence-electron chi connectivity index (χ2n) is 11.0. The topological polar surface area (TPSA) is 104 Å². The quantitative estimate of drug-likeness (QED) is 0.399. The van der Waals surface area contributed by atoms with Gasteiger partial charge in [0, 0.05) is 48.5 Å². The molecule has 14 heteroatoms. The van der Waals surface area contributed by atoms with Crippen LogP contribution in [0.3, 0.4) is 0 Å². The summed E-state index contributed by atoms with van der Waals surface area (Å²) in [7, 11) is 1.17. The molecular weight excluding hydrogens is 608 g/mol. The van der Waals surface area contributed by atoms with E-state index in [0.29, 0.717) is 11.0 Å². The number of rotatable bonds is 8. The van der Waals surface area contributed by atoms with Gasteiger partial charge >= 0.3 is 6.18 Å². The Hall–Kier alpha value is -3.84. The van der Waals surface area contributed by atoms with Crippen LogP contribution in [0, 0.1) is 5.82 Å². The molecule has 1 fully saturated rings. The second-order valence-corrected chi connectivity index (χ2v) is 11.4. The van der Waals surface area contributed by atoms with Crippen molar-refractivity contribution in [3.05, 3.63) is 68.5 Å². The molecule has 1 aromatic heterocycles. The lowest BCUT2D eigenvalue weighted by atomic mass is 10.0. The lowest BCUT2D eigenvalue weighted by Gasteiger charge is -2.45. The van der Waals surface area contributed by atoms with E-state index in [2.05, 4.69) is 5.32 Å². The monoisotopic (exact) mass is 640 g/mol. The number of nitrogens with one attached hydrogen (secondary N) is 1. The summed E-state index contributed by atoms with van der Waals surface area (Å²) < 4.78 is 63.5. The average molecular weight is 641 g/mol. The van der Waals surface area contributed by atoms with Crippen LogP contribution in [0.2, 0.25) is 0 Å². The molecule has 0 spiro atoms. The number of fused-ring (bicyclic) bond motifs is 1. The molecule has 0 bridgehead atoms. The maximum Gasteiger partial charge on any atom is 0.406 e. The largest absolute Gasteiger partial charge is 0.508 e. The van der Waals surface area contributed by atoms with Crippen LogP contribution < -0.4 is 20.4 Å². The van der Waals surface area contributed by atoms with Gasteiger partial charge in [-0.1, -0.05) is 23.8 Å². The van der Waals surface area contributed by atoms with Gasteiger partial charge in [0.1, 0.15) is 29.3 Å². The minimum Gasteiger partial charge on any atom is -0.508 e. The molecule has 1 aromatic carbocycles. The maximum atomic E-state index is 15.9. The van der Waals surface area contributed by atoms with Gasteiger partial charge in [0.15, 0.2) is 11.6 Å². The third kappa shape index (κ3) is 7.10. The third-order valence-corrected chi connectivity index (χ3v) is 7.85. The van der Waals surface area contributed by atoms with Gasteiger partial charge in [0.2, 0.25) is 5.43 Å². The van der Waals surface area contributed by atoms with Gasteiger partial charge in [0.25, 0.3) is 5.91 Å². The molecule has 1 amide bonds. The molecular formula is C30H33ClF4N4O5. The maximum absolute atomic E-state index is 15.9. The average Bonchev–Trinajstić information content (AvgIpc) is 3.08. The van der Waals surface area contributed by atoms with Crippen molar-refractivity contribution in [1.29, 1.82) is 0 Å². The first kappa shape index (κ1) is 33.1.